The minimum absolute atomic E-state index is 0.0601. The van der Waals surface area contributed by atoms with E-state index in [0.717, 1.165) is 18.2 Å². The summed E-state index contributed by atoms with van der Waals surface area (Å²) in [7, 11) is -8.76. The minimum atomic E-state index is -7.25. The standard InChI is InChI=1S/C33H62F11NO2Si7/c1-45(28(46)29(34,31(37,38)39)47-33(43,44)30(35,36)32(40,41)42)26-15-14-16-27(21-26)52(10,11)18-17-51(8,9)25-54(13,24-50(6)7)20-19-53(12,22-48(2)3)23-49(4)5/h14-16,21,48-50H,17-20,22-25H2,1-13H3. The molecule has 0 aliphatic rings. The Morgan fingerprint density at radius 1 is 0.667 bits per heavy atom. The van der Waals surface area contributed by atoms with Crippen LogP contribution in [0.1, 0.15) is 0 Å². The van der Waals surface area contributed by atoms with Crippen LogP contribution in [-0.2, 0) is 9.53 Å². The van der Waals surface area contributed by atoms with Crippen molar-refractivity contribution < 1.29 is 57.8 Å². The smallest absolute Gasteiger partial charge is 0.310 e. The SMILES string of the molecule is CN(C(=O)C(F)(OC(F)(F)C(F)(F)C(F)(F)F)C(F)(F)F)c1cccc([Si](C)(C)CC[Si](C)(C)C[Si](C)(CC[Si](C)(C[SiH](C)C)C[SiH](C)C)C[SiH](C)C)c1. The number of carbonyl (C=O) groups excluding carboxylic acids is 1. The van der Waals surface area contributed by atoms with Crippen LogP contribution in [0, 0.1) is 0 Å². The van der Waals surface area contributed by atoms with E-state index in [0.29, 0.717) is 12.2 Å². The lowest BCUT2D eigenvalue weighted by Gasteiger charge is -2.40. The Hall–Kier alpha value is -0.602. The number of anilines is 1. The van der Waals surface area contributed by atoms with Gasteiger partial charge in [-0.3, -0.25) is 9.53 Å². The van der Waals surface area contributed by atoms with Crippen molar-refractivity contribution in [2.75, 3.05) is 11.9 Å². The fourth-order valence-electron chi connectivity index (χ4n) is 8.25. The van der Waals surface area contributed by atoms with Gasteiger partial charge >= 0.3 is 36.1 Å². The first kappa shape index (κ1) is 51.4. The van der Waals surface area contributed by atoms with E-state index < -0.39 is 101 Å². The van der Waals surface area contributed by atoms with Gasteiger partial charge in [0.05, 0.1) is 8.07 Å². The summed E-state index contributed by atoms with van der Waals surface area (Å²) >= 11 is 0. The fourth-order valence-corrected chi connectivity index (χ4v) is 60.5. The molecule has 1 aromatic rings. The van der Waals surface area contributed by atoms with Gasteiger partial charge < -0.3 is 4.90 Å². The lowest BCUT2D eigenvalue weighted by atomic mass is 10.2. The van der Waals surface area contributed by atoms with Gasteiger partial charge in [-0.1, -0.05) is 143 Å². The first-order valence-corrected chi connectivity index (χ1v) is 40.8. The van der Waals surface area contributed by atoms with E-state index in [1.165, 1.54) is 46.9 Å². The number of halogens is 11. The van der Waals surface area contributed by atoms with Crippen molar-refractivity contribution in [1.82, 2.24) is 0 Å². The molecule has 2 unspecified atom stereocenters. The Morgan fingerprint density at radius 2 is 1.11 bits per heavy atom. The largest absolute Gasteiger partial charge is 0.462 e. The predicted octanol–water partition coefficient (Wildman–Crippen LogP) is 11.1. The molecule has 0 N–H and O–H groups in total. The molecule has 3 nitrogen and oxygen atoms in total. The van der Waals surface area contributed by atoms with Crippen LogP contribution in [0.5, 0.6) is 0 Å². The number of nitrogens with zero attached hydrogens (tertiary/aromatic N) is 1. The summed E-state index contributed by atoms with van der Waals surface area (Å²) in [6.07, 6.45) is -21.0. The Bertz CT molecular complexity index is 1380. The number of hydrogen-bond donors (Lipinski definition) is 0. The molecule has 1 amide bonds. The molecule has 0 aliphatic heterocycles. The van der Waals surface area contributed by atoms with Crippen LogP contribution >= 0.6 is 0 Å². The Morgan fingerprint density at radius 3 is 1.54 bits per heavy atom. The molecule has 0 aliphatic carbocycles. The van der Waals surface area contributed by atoms with Crippen molar-refractivity contribution in [2.24, 2.45) is 0 Å². The predicted molar refractivity (Wildman–Crippen MR) is 220 cm³/mol. The van der Waals surface area contributed by atoms with Crippen LogP contribution in [0.3, 0.4) is 0 Å². The van der Waals surface area contributed by atoms with Crippen LogP contribution in [0.15, 0.2) is 24.3 Å². The van der Waals surface area contributed by atoms with Crippen molar-refractivity contribution >= 4 is 75.5 Å². The zero-order chi connectivity index (χ0) is 42.7. The fraction of sp³-hybridized carbons (Fsp3) is 0.788. The number of alkyl halides is 11. The van der Waals surface area contributed by atoms with E-state index in [4.69, 9.17) is 0 Å². The lowest BCUT2D eigenvalue weighted by molar-refractivity contribution is -0.472. The summed E-state index contributed by atoms with van der Waals surface area (Å²) in [6.45, 7) is 28.9. The average Bonchev–Trinajstić information content (AvgIpc) is 2.95. The topological polar surface area (TPSA) is 29.5 Å². The third kappa shape index (κ3) is 13.8. The Kier molecular flexibility index (Phi) is 17.3. The van der Waals surface area contributed by atoms with Crippen molar-refractivity contribution in [3.05, 3.63) is 24.3 Å². The zero-order valence-electron chi connectivity index (χ0n) is 34.1. The normalized spacial score (nSPS) is 16.6. The van der Waals surface area contributed by atoms with Gasteiger partial charge in [-0.2, -0.15) is 48.3 Å². The second kappa shape index (κ2) is 18.1. The van der Waals surface area contributed by atoms with Gasteiger partial charge in [0, 0.05) is 63.3 Å². The molecule has 1 aromatic carbocycles. The molecule has 54 heavy (non-hydrogen) atoms. The van der Waals surface area contributed by atoms with Gasteiger partial charge in [0.25, 0.3) is 0 Å². The highest BCUT2D eigenvalue weighted by Crippen LogP contribution is 2.51. The van der Waals surface area contributed by atoms with Crippen molar-refractivity contribution in [3.8, 4) is 0 Å². The van der Waals surface area contributed by atoms with Crippen LogP contribution in [-0.4, -0.2) is 102 Å². The maximum absolute atomic E-state index is 15.2. The van der Waals surface area contributed by atoms with E-state index in [-0.39, 0.29) is 4.90 Å². The summed E-state index contributed by atoms with van der Waals surface area (Å²) in [5, 5.41) is 0.655. The molecule has 1 rings (SSSR count). The first-order chi connectivity index (χ1) is 23.9. The van der Waals surface area contributed by atoms with Gasteiger partial charge in [0.1, 0.15) is 0 Å². The van der Waals surface area contributed by atoms with E-state index >= 15 is 4.39 Å². The Labute approximate surface area is 324 Å². The maximum Gasteiger partial charge on any atom is 0.462 e. The maximum atomic E-state index is 15.2. The van der Waals surface area contributed by atoms with Crippen molar-refractivity contribution in [3.63, 3.8) is 0 Å². The van der Waals surface area contributed by atoms with E-state index in [1.54, 1.807) is 6.07 Å². The number of hydrogen-bond acceptors (Lipinski definition) is 2. The highest BCUT2D eigenvalue weighted by atomic mass is 28.4. The molecule has 2 atom stereocenters. The van der Waals surface area contributed by atoms with Crippen molar-refractivity contribution in [2.45, 2.75) is 156 Å². The third-order valence-electron chi connectivity index (χ3n) is 10.3. The summed E-state index contributed by atoms with van der Waals surface area (Å²) < 4.78 is 151. The van der Waals surface area contributed by atoms with Gasteiger partial charge in [0.15, 0.2) is 0 Å². The van der Waals surface area contributed by atoms with E-state index in [9.17, 15) is 48.7 Å². The lowest BCUT2D eigenvalue weighted by Crippen LogP contribution is -2.63. The van der Waals surface area contributed by atoms with Gasteiger partial charge in [-0.25, -0.2) is 0 Å². The quantitative estimate of drug-likeness (QED) is 0.0964. The summed E-state index contributed by atoms with van der Waals surface area (Å²) in [4.78, 5) is 12.7. The molecule has 0 bridgehead atoms. The molecule has 316 valence electrons. The second-order valence-corrected chi connectivity index (χ2v) is 51.4. The number of rotatable bonds is 20. The summed E-state index contributed by atoms with van der Waals surface area (Å²) in [6, 6.07) is 10.1. The summed E-state index contributed by atoms with van der Waals surface area (Å²) in [5.74, 6) is -16.4. The minimum Gasteiger partial charge on any atom is -0.310 e. The number of benzene rings is 1. The number of amides is 1. The average molecular weight is 910 g/mol. The van der Waals surface area contributed by atoms with Crippen molar-refractivity contribution in [1.29, 1.82) is 0 Å². The monoisotopic (exact) mass is 909 g/mol. The molecule has 0 saturated carbocycles. The van der Waals surface area contributed by atoms with Gasteiger partial charge in [-0.05, 0) is 12.1 Å². The van der Waals surface area contributed by atoms with Crippen LogP contribution in [0.2, 0.25) is 125 Å². The van der Waals surface area contributed by atoms with Crippen LogP contribution in [0.4, 0.5) is 54.0 Å². The first-order valence-electron chi connectivity index (χ1n) is 18.5. The van der Waals surface area contributed by atoms with Crippen LogP contribution < -0.4 is 10.1 Å². The molecule has 21 heteroatoms. The summed E-state index contributed by atoms with van der Waals surface area (Å²) in [5.41, 5.74) is 5.28. The van der Waals surface area contributed by atoms with Gasteiger partial charge in [0.2, 0.25) is 0 Å². The number of ether oxygens (including phenoxy) is 1. The van der Waals surface area contributed by atoms with Crippen LogP contribution in [0.25, 0.3) is 0 Å². The number of likely N-dealkylation sites (N-methyl/N-ethyl adjacent to an activating group) is 1. The molecular formula is C33H62F11NO2Si7. The third-order valence-corrected chi connectivity index (χ3v) is 48.1. The Balaban J connectivity index is 3.35. The molecule has 0 saturated heterocycles. The second-order valence-electron chi connectivity index (χ2n) is 18.8. The number of carbonyl (C=O) groups is 1. The highest BCUT2D eigenvalue weighted by molar-refractivity contribution is 7.02. The molecule has 0 radical (unpaired) electrons. The molecular weight excluding hydrogens is 848 g/mol. The van der Waals surface area contributed by atoms with E-state index in [2.05, 4.69) is 70.2 Å². The molecule has 0 heterocycles. The molecule has 0 aromatic heterocycles. The van der Waals surface area contributed by atoms with E-state index in [1.807, 2.05) is 13.1 Å². The highest BCUT2D eigenvalue weighted by Gasteiger charge is 2.80. The molecule has 0 spiro atoms. The molecule has 0 fully saturated rings. The van der Waals surface area contributed by atoms with Gasteiger partial charge in [-0.15, -0.1) is 0 Å². The zero-order valence-corrected chi connectivity index (χ0v) is 41.6.